The predicted octanol–water partition coefficient (Wildman–Crippen LogP) is 1.59. The monoisotopic (exact) mass is 348 g/mol. The zero-order chi connectivity index (χ0) is 18.4. The van der Waals surface area contributed by atoms with Crippen LogP contribution in [-0.2, 0) is 32.0 Å². The molecule has 0 N–H and O–H groups in total. The number of ether oxygens (including phenoxy) is 2. The molecular formula is C18H24N2O5. The van der Waals surface area contributed by atoms with E-state index in [9.17, 15) is 14.4 Å². The summed E-state index contributed by atoms with van der Waals surface area (Å²) in [7, 11) is 4.26. The molecule has 0 saturated heterocycles. The van der Waals surface area contributed by atoms with Gasteiger partial charge in [-0.2, -0.15) is 0 Å². The summed E-state index contributed by atoms with van der Waals surface area (Å²) in [6, 6.07) is 7.18. The van der Waals surface area contributed by atoms with Gasteiger partial charge in [-0.15, -0.1) is 0 Å². The van der Waals surface area contributed by atoms with E-state index in [2.05, 4.69) is 4.74 Å². The van der Waals surface area contributed by atoms with Crippen LogP contribution in [0.15, 0.2) is 24.3 Å². The predicted molar refractivity (Wildman–Crippen MR) is 90.8 cm³/mol. The quantitative estimate of drug-likeness (QED) is 0.756. The van der Waals surface area contributed by atoms with Crippen LogP contribution >= 0.6 is 0 Å². The number of hydrogen-bond donors (Lipinski definition) is 0. The van der Waals surface area contributed by atoms with Gasteiger partial charge in [-0.1, -0.05) is 24.3 Å². The van der Waals surface area contributed by atoms with Crippen LogP contribution < -0.4 is 0 Å². The van der Waals surface area contributed by atoms with Crippen molar-refractivity contribution in [2.75, 3.05) is 27.8 Å². The van der Waals surface area contributed by atoms with E-state index in [1.165, 1.54) is 19.1 Å². The second kappa shape index (κ2) is 8.50. The molecule has 1 aliphatic rings. The fourth-order valence-electron chi connectivity index (χ4n) is 2.99. The van der Waals surface area contributed by atoms with Crippen LogP contribution in [0.3, 0.4) is 0 Å². The summed E-state index contributed by atoms with van der Waals surface area (Å²) < 4.78 is 9.49. The Bertz CT molecular complexity index is 646. The minimum Gasteiger partial charge on any atom is -0.467 e. The van der Waals surface area contributed by atoms with Crippen molar-refractivity contribution < 1.29 is 23.9 Å². The van der Waals surface area contributed by atoms with Crippen molar-refractivity contribution in [2.24, 2.45) is 0 Å². The van der Waals surface area contributed by atoms with E-state index in [1.807, 2.05) is 24.3 Å². The lowest BCUT2D eigenvalue weighted by Crippen LogP contribution is -2.49. The van der Waals surface area contributed by atoms with Crippen LogP contribution in [0.1, 0.15) is 24.0 Å². The van der Waals surface area contributed by atoms with Gasteiger partial charge in [-0.3, -0.25) is 4.79 Å². The Hall–Kier alpha value is -2.57. The van der Waals surface area contributed by atoms with Gasteiger partial charge in [-0.25, -0.2) is 9.59 Å². The summed E-state index contributed by atoms with van der Waals surface area (Å²) in [4.78, 5) is 39.1. The van der Waals surface area contributed by atoms with Crippen LogP contribution in [0.2, 0.25) is 0 Å². The third-order valence-electron chi connectivity index (χ3n) is 4.41. The number of carbonyl (C=O) groups is 3. The minimum atomic E-state index is -0.606. The molecule has 0 aliphatic carbocycles. The topological polar surface area (TPSA) is 76.2 Å². The first-order chi connectivity index (χ1) is 12.0. The van der Waals surface area contributed by atoms with Gasteiger partial charge in [0.2, 0.25) is 5.91 Å². The molecule has 0 bridgehead atoms. The van der Waals surface area contributed by atoms with Crippen molar-refractivity contribution >= 4 is 18.0 Å². The fraction of sp³-hybridized carbons (Fsp3) is 0.500. The molecular weight excluding hydrogens is 324 g/mol. The van der Waals surface area contributed by atoms with Gasteiger partial charge in [-0.05, 0) is 17.5 Å². The summed E-state index contributed by atoms with van der Waals surface area (Å²) >= 11 is 0. The molecule has 7 heteroatoms. The Morgan fingerprint density at radius 1 is 1.16 bits per heavy atom. The van der Waals surface area contributed by atoms with Gasteiger partial charge >= 0.3 is 12.1 Å². The van der Waals surface area contributed by atoms with E-state index in [0.717, 1.165) is 11.1 Å². The molecule has 136 valence electrons. The highest BCUT2D eigenvalue weighted by Gasteiger charge is 2.34. The summed E-state index contributed by atoms with van der Waals surface area (Å²) in [5.41, 5.74) is 2.11. The molecule has 1 aromatic carbocycles. The molecule has 25 heavy (non-hydrogen) atoms. The van der Waals surface area contributed by atoms with Crippen LogP contribution in [0.4, 0.5) is 4.79 Å². The Kier molecular flexibility index (Phi) is 6.38. The van der Waals surface area contributed by atoms with E-state index in [0.29, 0.717) is 25.9 Å². The highest BCUT2D eigenvalue weighted by molar-refractivity contribution is 5.85. The van der Waals surface area contributed by atoms with Crippen LogP contribution in [0.25, 0.3) is 0 Å². The lowest BCUT2D eigenvalue weighted by atomic mass is 9.93. The van der Waals surface area contributed by atoms with Crippen LogP contribution in [-0.4, -0.2) is 61.6 Å². The van der Waals surface area contributed by atoms with E-state index in [4.69, 9.17) is 4.74 Å². The number of rotatable bonds is 5. The summed E-state index contributed by atoms with van der Waals surface area (Å²) in [6.45, 7) is 0.799. The number of benzene rings is 1. The van der Waals surface area contributed by atoms with E-state index < -0.39 is 18.1 Å². The van der Waals surface area contributed by atoms with Gasteiger partial charge in [0, 0.05) is 33.0 Å². The fourth-order valence-corrected chi connectivity index (χ4v) is 2.99. The maximum Gasteiger partial charge on any atom is 0.409 e. The Morgan fingerprint density at radius 2 is 1.84 bits per heavy atom. The average molecular weight is 348 g/mol. The van der Waals surface area contributed by atoms with Gasteiger partial charge in [0.25, 0.3) is 0 Å². The number of hydrogen-bond acceptors (Lipinski definition) is 5. The number of methoxy groups -OCH3 is 2. The van der Waals surface area contributed by atoms with Crippen molar-refractivity contribution in [3.8, 4) is 0 Å². The lowest BCUT2D eigenvalue weighted by molar-refractivity contribution is -0.154. The molecule has 7 nitrogen and oxygen atoms in total. The van der Waals surface area contributed by atoms with Crippen LogP contribution in [0.5, 0.6) is 0 Å². The number of amides is 2. The number of carbonyl (C=O) groups excluding carboxylic acids is 3. The highest BCUT2D eigenvalue weighted by Crippen LogP contribution is 2.25. The zero-order valence-electron chi connectivity index (χ0n) is 14.9. The smallest absolute Gasteiger partial charge is 0.409 e. The first-order valence-corrected chi connectivity index (χ1v) is 8.21. The normalized spacial score (nSPS) is 16.0. The van der Waals surface area contributed by atoms with E-state index in [-0.39, 0.29) is 12.3 Å². The molecule has 0 aromatic heterocycles. The third kappa shape index (κ3) is 4.49. The van der Waals surface area contributed by atoms with Gasteiger partial charge in [0.1, 0.15) is 6.04 Å². The first-order valence-electron chi connectivity index (χ1n) is 8.21. The lowest BCUT2D eigenvalue weighted by Gasteiger charge is -2.35. The molecule has 1 aliphatic heterocycles. The molecule has 1 heterocycles. The SMILES string of the molecule is COC(=O)[C@H]1Cc2ccccc2CN1C(=O)CCCN(C)C(=O)OC. The summed E-state index contributed by atoms with van der Waals surface area (Å²) in [5.74, 6) is -0.530. The Morgan fingerprint density at radius 3 is 2.48 bits per heavy atom. The van der Waals surface area contributed by atoms with Gasteiger partial charge in [0.15, 0.2) is 0 Å². The zero-order valence-corrected chi connectivity index (χ0v) is 14.9. The van der Waals surface area contributed by atoms with Crippen molar-refractivity contribution in [2.45, 2.75) is 31.8 Å². The number of fused-ring (bicyclic) bond motifs is 1. The van der Waals surface area contributed by atoms with E-state index in [1.54, 1.807) is 11.9 Å². The van der Waals surface area contributed by atoms with Crippen molar-refractivity contribution in [3.05, 3.63) is 35.4 Å². The Balaban J connectivity index is 2.03. The van der Waals surface area contributed by atoms with Gasteiger partial charge in [0.05, 0.1) is 14.2 Å². The standard InChI is InChI=1S/C18H24N2O5/c1-19(18(23)25-3)10-6-9-16(21)20-12-14-8-5-4-7-13(14)11-15(20)17(22)24-2/h4-5,7-8,15H,6,9-12H2,1-3H3/t15-/m1/s1. The maximum absolute atomic E-state index is 12.6. The molecule has 1 atom stereocenters. The van der Waals surface area contributed by atoms with Gasteiger partial charge < -0.3 is 19.3 Å². The highest BCUT2D eigenvalue weighted by atomic mass is 16.5. The molecule has 2 amide bonds. The molecule has 0 unspecified atom stereocenters. The van der Waals surface area contributed by atoms with E-state index >= 15 is 0 Å². The number of nitrogens with zero attached hydrogens (tertiary/aromatic N) is 2. The first kappa shape index (κ1) is 18.8. The molecule has 0 saturated carbocycles. The van der Waals surface area contributed by atoms with Crippen LogP contribution in [0, 0.1) is 0 Å². The molecule has 0 spiro atoms. The van der Waals surface area contributed by atoms with Crippen molar-refractivity contribution in [1.82, 2.24) is 9.80 Å². The molecule has 1 aromatic rings. The van der Waals surface area contributed by atoms with Crippen molar-refractivity contribution in [1.29, 1.82) is 0 Å². The third-order valence-corrected chi connectivity index (χ3v) is 4.41. The molecule has 2 rings (SSSR count). The molecule has 0 radical (unpaired) electrons. The average Bonchev–Trinajstić information content (AvgIpc) is 2.65. The largest absolute Gasteiger partial charge is 0.467 e. The minimum absolute atomic E-state index is 0.122. The Labute approximate surface area is 147 Å². The summed E-state index contributed by atoms with van der Waals surface area (Å²) in [6.07, 6.45) is 0.760. The summed E-state index contributed by atoms with van der Waals surface area (Å²) in [5, 5.41) is 0. The second-order valence-corrected chi connectivity index (χ2v) is 6.03. The molecule has 0 fully saturated rings. The van der Waals surface area contributed by atoms with Crippen molar-refractivity contribution in [3.63, 3.8) is 0 Å². The maximum atomic E-state index is 12.6. The number of esters is 1. The second-order valence-electron chi connectivity index (χ2n) is 6.03.